The van der Waals surface area contributed by atoms with Crippen molar-refractivity contribution in [2.24, 2.45) is 0 Å². The first-order valence-electron chi connectivity index (χ1n) is 5.48. The Morgan fingerprint density at radius 1 is 1.28 bits per heavy atom. The summed E-state index contributed by atoms with van der Waals surface area (Å²) in [6, 6.07) is 8.11. The van der Waals surface area contributed by atoms with Gasteiger partial charge in [-0.05, 0) is 30.2 Å². The lowest BCUT2D eigenvalue weighted by Crippen LogP contribution is -2.07. The van der Waals surface area contributed by atoms with Crippen LogP contribution < -0.4 is 5.32 Å². The lowest BCUT2D eigenvalue weighted by Gasteiger charge is -2.06. The van der Waals surface area contributed by atoms with E-state index in [2.05, 4.69) is 10.3 Å². The number of benzene rings is 1. The van der Waals surface area contributed by atoms with Gasteiger partial charge in [0.15, 0.2) is 11.6 Å². The van der Waals surface area contributed by atoms with Crippen LogP contribution >= 0.6 is 11.6 Å². The number of nitrogens with one attached hydrogen (secondary N) is 1. The summed E-state index contributed by atoms with van der Waals surface area (Å²) in [6.07, 6.45) is 2.11. The van der Waals surface area contributed by atoms with Gasteiger partial charge in [0, 0.05) is 12.7 Å². The summed E-state index contributed by atoms with van der Waals surface area (Å²) in [5.41, 5.74) is 1.05. The maximum atomic E-state index is 13.4. The van der Waals surface area contributed by atoms with E-state index in [1.165, 1.54) is 12.3 Å². The summed E-state index contributed by atoms with van der Waals surface area (Å²) >= 11 is 5.61. The minimum atomic E-state index is -0.465. The summed E-state index contributed by atoms with van der Waals surface area (Å²) in [4.78, 5) is 3.87. The second-order valence-corrected chi connectivity index (χ2v) is 4.26. The molecule has 0 atom stereocenters. The molecule has 2 aromatic rings. The van der Waals surface area contributed by atoms with E-state index in [1.807, 2.05) is 12.1 Å². The van der Waals surface area contributed by atoms with Crippen LogP contribution in [0.5, 0.6) is 5.75 Å². The monoisotopic (exact) mass is 266 g/mol. The number of nitrogens with zero attached hydrogens (tertiary/aromatic N) is 1. The van der Waals surface area contributed by atoms with Gasteiger partial charge in [-0.3, -0.25) is 0 Å². The fourth-order valence-electron chi connectivity index (χ4n) is 1.53. The average Bonchev–Trinajstić information content (AvgIpc) is 2.34. The van der Waals surface area contributed by atoms with E-state index in [0.717, 1.165) is 5.56 Å². The van der Waals surface area contributed by atoms with Gasteiger partial charge in [-0.25, -0.2) is 9.37 Å². The lowest BCUT2D eigenvalue weighted by atomic mass is 10.1. The predicted molar refractivity (Wildman–Crippen MR) is 69.5 cm³/mol. The minimum Gasteiger partial charge on any atom is -0.508 e. The van der Waals surface area contributed by atoms with Crippen LogP contribution in [0.1, 0.15) is 5.56 Å². The molecule has 5 heteroatoms. The van der Waals surface area contributed by atoms with Crippen molar-refractivity contribution in [3.05, 3.63) is 52.9 Å². The van der Waals surface area contributed by atoms with Crippen molar-refractivity contribution in [2.45, 2.75) is 6.42 Å². The molecular formula is C13H12ClFN2O. The molecule has 0 saturated heterocycles. The van der Waals surface area contributed by atoms with Gasteiger partial charge in [0.05, 0.1) is 5.02 Å². The van der Waals surface area contributed by atoms with Crippen LogP contribution in [0.15, 0.2) is 36.5 Å². The molecule has 2 N–H and O–H groups in total. The van der Waals surface area contributed by atoms with Gasteiger partial charge in [0.25, 0.3) is 0 Å². The van der Waals surface area contributed by atoms with Gasteiger partial charge in [0.2, 0.25) is 0 Å². The van der Waals surface area contributed by atoms with Crippen molar-refractivity contribution in [1.82, 2.24) is 4.98 Å². The Hall–Kier alpha value is -1.81. The summed E-state index contributed by atoms with van der Waals surface area (Å²) < 4.78 is 13.4. The van der Waals surface area contributed by atoms with Crippen molar-refractivity contribution < 1.29 is 9.50 Å². The van der Waals surface area contributed by atoms with Crippen LogP contribution in [0.4, 0.5) is 10.2 Å². The molecule has 0 aliphatic rings. The lowest BCUT2D eigenvalue weighted by molar-refractivity contribution is 0.475. The van der Waals surface area contributed by atoms with Gasteiger partial charge in [-0.2, -0.15) is 0 Å². The number of phenols is 1. The Kier molecular flexibility index (Phi) is 3.99. The fourth-order valence-corrected chi connectivity index (χ4v) is 1.68. The molecule has 0 aliphatic carbocycles. The van der Waals surface area contributed by atoms with Crippen molar-refractivity contribution in [1.29, 1.82) is 0 Å². The first kappa shape index (κ1) is 12.6. The topological polar surface area (TPSA) is 45.1 Å². The summed E-state index contributed by atoms with van der Waals surface area (Å²) in [5.74, 6) is -0.0384. The molecule has 18 heavy (non-hydrogen) atoms. The molecule has 0 amide bonds. The number of hydrogen-bond acceptors (Lipinski definition) is 3. The van der Waals surface area contributed by atoms with Crippen LogP contribution in [0, 0.1) is 5.82 Å². The SMILES string of the molecule is Oc1ccc(CCNc2ncc(Cl)cc2F)cc1. The Labute approximate surface area is 109 Å². The van der Waals surface area contributed by atoms with Crippen LogP contribution in [0.25, 0.3) is 0 Å². The third-order valence-electron chi connectivity index (χ3n) is 2.45. The number of anilines is 1. The molecule has 94 valence electrons. The molecular weight excluding hydrogens is 255 g/mol. The molecule has 0 bridgehead atoms. The van der Waals surface area contributed by atoms with E-state index < -0.39 is 5.82 Å². The van der Waals surface area contributed by atoms with Gasteiger partial charge in [-0.15, -0.1) is 0 Å². The summed E-state index contributed by atoms with van der Waals surface area (Å²) in [6.45, 7) is 0.552. The maximum Gasteiger partial charge on any atom is 0.166 e. The quantitative estimate of drug-likeness (QED) is 0.893. The van der Waals surface area contributed by atoms with E-state index in [-0.39, 0.29) is 16.6 Å². The zero-order valence-electron chi connectivity index (χ0n) is 9.53. The average molecular weight is 267 g/mol. The maximum absolute atomic E-state index is 13.4. The van der Waals surface area contributed by atoms with Crippen molar-refractivity contribution in [2.75, 3.05) is 11.9 Å². The molecule has 1 aromatic heterocycles. The van der Waals surface area contributed by atoms with Crippen LogP contribution in [0.2, 0.25) is 5.02 Å². The van der Waals surface area contributed by atoms with E-state index in [9.17, 15) is 4.39 Å². The number of phenolic OH excluding ortho intramolecular Hbond substituents is 1. The second-order valence-electron chi connectivity index (χ2n) is 3.83. The zero-order chi connectivity index (χ0) is 13.0. The van der Waals surface area contributed by atoms with Crippen molar-refractivity contribution >= 4 is 17.4 Å². The van der Waals surface area contributed by atoms with E-state index >= 15 is 0 Å². The molecule has 0 aliphatic heterocycles. The van der Waals surface area contributed by atoms with Crippen LogP contribution in [-0.2, 0) is 6.42 Å². The third kappa shape index (κ3) is 3.34. The molecule has 1 aromatic carbocycles. The Bertz CT molecular complexity index is 531. The summed E-state index contributed by atoms with van der Waals surface area (Å²) in [7, 11) is 0. The molecule has 0 unspecified atom stereocenters. The normalized spacial score (nSPS) is 10.3. The molecule has 0 saturated carbocycles. The zero-order valence-corrected chi connectivity index (χ0v) is 10.3. The Morgan fingerprint density at radius 3 is 2.67 bits per heavy atom. The van der Waals surface area contributed by atoms with E-state index in [1.54, 1.807) is 12.1 Å². The third-order valence-corrected chi connectivity index (χ3v) is 2.66. The number of hydrogen-bond donors (Lipinski definition) is 2. The fraction of sp³-hybridized carbons (Fsp3) is 0.154. The highest BCUT2D eigenvalue weighted by Gasteiger charge is 2.03. The molecule has 1 heterocycles. The molecule has 2 rings (SSSR count). The first-order valence-corrected chi connectivity index (χ1v) is 5.86. The smallest absolute Gasteiger partial charge is 0.166 e. The number of aromatic hydroxyl groups is 1. The minimum absolute atomic E-state index is 0.193. The number of pyridine rings is 1. The highest BCUT2D eigenvalue weighted by Crippen LogP contribution is 2.15. The van der Waals surface area contributed by atoms with E-state index in [4.69, 9.17) is 16.7 Å². The van der Waals surface area contributed by atoms with Gasteiger partial charge < -0.3 is 10.4 Å². The van der Waals surface area contributed by atoms with Crippen molar-refractivity contribution in [3.8, 4) is 5.75 Å². The van der Waals surface area contributed by atoms with Gasteiger partial charge in [0.1, 0.15) is 5.75 Å². The largest absolute Gasteiger partial charge is 0.508 e. The summed E-state index contributed by atoms with van der Waals surface area (Å²) in [5, 5.41) is 12.3. The van der Waals surface area contributed by atoms with E-state index in [0.29, 0.717) is 13.0 Å². The van der Waals surface area contributed by atoms with Gasteiger partial charge in [-0.1, -0.05) is 23.7 Å². The highest BCUT2D eigenvalue weighted by molar-refractivity contribution is 6.30. The van der Waals surface area contributed by atoms with Crippen molar-refractivity contribution in [3.63, 3.8) is 0 Å². The molecule has 0 spiro atoms. The number of halogens is 2. The number of aromatic nitrogens is 1. The number of rotatable bonds is 4. The first-order chi connectivity index (χ1) is 8.65. The predicted octanol–water partition coefficient (Wildman–Crippen LogP) is 3.23. The molecule has 0 radical (unpaired) electrons. The molecule has 0 fully saturated rings. The second kappa shape index (κ2) is 5.69. The molecule has 3 nitrogen and oxygen atoms in total. The van der Waals surface area contributed by atoms with Crippen LogP contribution in [0.3, 0.4) is 0 Å². The van der Waals surface area contributed by atoms with Gasteiger partial charge >= 0.3 is 0 Å². The Morgan fingerprint density at radius 2 is 2.00 bits per heavy atom. The standard InChI is InChI=1S/C13H12ClFN2O/c14-10-7-12(15)13(17-8-10)16-6-5-9-1-3-11(18)4-2-9/h1-4,7-8,18H,5-6H2,(H,16,17). The van der Waals surface area contributed by atoms with Crippen LogP contribution in [-0.4, -0.2) is 16.6 Å². The highest BCUT2D eigenvalue weighted by atomic mass is 35.5. The Balaban J connectivity index is 1.90.